The quantitative estimate of drug-likeness (QED) is 0.514. The summed E-state index contributed by atoms with van der Waals surface area (Å²) in [6.45, 7) is 2.20. The molecule has 0 N–H and O–H groups in total. The van der Waals surface area contributed by atoms with Gasteiger partial charge in [-0.2, -0.15) is 0 Å². The lowest BCUT2D eigenvalue weighted by Gasteiger charge is -2.57. The Morgan fingerprint density at radius 1 is 0.923 bits per heavy atom. The van der Waals surface area contributed by atoms with Crippen molar-refractivity contribution in [2.24, 2.45) is 17.8 Å². The smallest absolute Gasteiger partial charge is 0.132 e. The standard InChI is InChI=1S/C24H27BrO/c1-2-19-5-3-4-6-22(19)26-23-12-20(25)7-8-21(23)24-13-16-9-17(14-24)11-18(10-16)15-24/h3-8,12,16-18H,2,9-11,13-15H2,1H3. The van der Waals surface area contributed by atoms with Crippen LogP contribution in [0.1, 0.15) is 56.6 Å². The van der Waals surface area contributed by atoms with E-state index in [1.165, 1.54) is 49.7 Å². The highest BCUT2D eigenvalue weighted by Gasteiger charge is 2.52. The first-order valence-electron chi connectivity index (χ1n) is 10.2. The Labute approximate surface area is 165 Å². The molecule has 2 heteroatoms. The van der Waals surface area contributed by atoms with Gasteiger partial charge in [0.2, 0.25) is 0 Å². The molecule has 0 unspecified atom stereocenters. The molecule has 4 aliphatic carbocycles. The van der Waals surface area contributed by atoms with E-state index in [1.54, 1.807) is 0 Å². The van der Waals surface area contributed by atoms with Crippen LogP contribution in [-0.2, 0) is 11.8 Å². The number of hydrogen-bond acceptors (Lipinski definition) is 1. The molecule has 0 aliphatic heterocycles. The van der Waals surface area contributed by atoms with Crippen LogP contribution in [0.5, 0.6) is 11.5 Å². The minimum Gasteiger partial charge on any atom is -0.457 e. The number of hydrogen-bond donors (Lipinski definition) is 0. The summed E-state index contributed by atoms with van der Waals surface area (Å²) in [5.74, 6) is 4.92. The predicted octanol–water partition coefficient (Wildman–Crippen LogP) is 7.27. The second-order valence-corrected chi connectivity index (χ2v) is 9.82. The van der Waals surface area contributed by atoms with Gasteiger partial charge in [-0.05, 0) is 91.9 Å². The van der Waals surface area contributed by atoms with E-state index in [4.69, 9.17) is 4.74 Å². The van der Waals surface area contributed by atoms with Gasteiger partial charge in [-0.3, -0.25) is 0 Å². The van der Waals surface area contributed by atoms with Gasteiger partial charge in [0.15, 0.2) is 0 Å². The van der Waals surface area contributed by atoms with Crippen LogP contribution in [0.15, 0.2) is 46.9 Å². The highest BCUT2D eigenvalue weighted by molar-refractivity contribution is 9.10. The fourth-order valence-electron chi connectivity index (χ4n) is 6.47. The van der Waals surface area contributed by atoms with Gasteiger partial charge < -0.3 is 4.74 Å². The molecule has 0 spiro atoms. The van der Waals surface area contributed by atoms with Crippen LogP contribution in [0.4, 0.5) is 0 Å². The minimum absolute atomic E-state index is 0.353. The molecule has 0 atom stereocenters. The van der Waals surface area contributed by atoms with E-state index < -0.39 is 0 Å². The van der Waals surface area contributed by atoms with Crippen molar-refractivity contribution < 1.29 is 4.74 Å². The van der Waals surface area contributed by atoms with Crippen LogP contribution >= 0.6 is 15.9 Å². The first kappa shape index (κ1) is 16.9. The molecule has 0 amide bonds. The molecule has 2 aromatic carbocycles. The van der Waals surface area contributed by atoms with Gasteiger partial charge in [-0.15, -0.1) is 0 Å². The summed E-state index contributed by atoms with van der Waals surface area (Å²) < 4.78 is 7.68. The second kappa shape index (κ2) is 6.41. The molecule has 26 heavy (non-hydrogen) atoms. The van der Waals surface area contributed by atoms with Crippen LogP contribution in [-0.4, -0.2) is 0 Å². The third-order valence-electron chi connectivity index (χ3n) is 7.13. The van der Waals surface area contributed by atoms with E-state index in [2.05, 4.69) is 65.3 Å². The maximum atomic E-state index is 6.57. The first-order chi connectivity index (χ1) is 12.6. The van der Waals surface area contributed by atoms with Crippen molar-refractivity contribution in [2.75, 3.05) is 0 Å². The third-order valence-corrected chi connectivity index (χ3v) is 7.62. The summed E-state index contributed by atoms with van der Waals surface area (Å²) in [6, 6.07) is 15.2. The maximum Gasteiger partial charge on any atom is 0.132 e. The van der Waals surface area contributed by atoms with Gasteiger partial charge in [-0.25, -0.2) is 0 Å². The number of halogens is 1. The zero-order valence-corrected chi connectivity index (χ0v) is 17.1. The van der Waals surface area contributed by atoms with Gasteiger partial charge in [0.05, 0.1) is 0 Å². The number of rotatable bonds is 4. The van der Waals surface area contributed by atoms with Gasteiger partial charge >= 0.3 is 0 Å². The molecule has 0 radical (unpaired) electrons. The van der Waals surface area contributed by atoms with Gasteiger partial charge in [0, 0.05) is 10.0 Å². The second-order valence-electron chi connectivity index (χ2n) is 8.90. The lowest BCUT2D eigenvalue weighted by Crippen LogP contribution is -2.48. The SMILES string of the molecule is CCc1ccccc1Oc1cc(Br)ccc1C12CC3CC(CC(C3)C1)C2. The van der Waals surface area contributed by atoms with E-state index in [9.17, 15) is 0 Å². The van der Waals surface area contributed by atoms with Crippen molar-refractivity contribution in [1.29, 1.82) is 0 Å². The van der Waals surface area contributed by atoms with Crippen molar-refractivity contribution in [1.82, 2.24) is 0 Å². The fourth-order valence-corrected chi connectivity index (χ4v) is 6.81. The molecule has 0 aromatic heterocycles. The van der Waals surface area contributed by atoms with Crippen LogP contribution in [0.3, 0.4) is 0 Å². The van der Waals surface area contributed by atoms with Crippen LogP contribution in [0.2, 0.25) is 0 Å². The Morgan fingerprint density at radius 2 is 1.58 bits per heavy atom. The number of benzene rings is 2. The molecule has 0 saturated heterocycles. The highest BCUT2D eigenvalue weighted by Crippen LogP contribution is 2.62. The summed E-state index contributed by atoms with van der Waals surface area (Å²) >= 11 is 3.68. The van der Waals surface area contributed by atoms with Crippen molar-refractivity contribution in [2.45, 2.75) is 57.3 Å². The van der Waals surface area contributed by atoms with Gasteiger partial charge in [0.1, 0.15) is 11.5 Å². The average Bonchev–Trinajstić information content (AvgIpc) is 2.61. The highest BCUT2D eigenvalue weighted by atomic mass is 79.9. The first-order valence-corrected chi connectivity index (χ1v) is 11.0. The molecule has 4 fully saturated rings. The molecule has 4 bridgehead atoms. The molecule has 6 rings (SSSR count). The Kier molecular flexibility index (Phi) is 4.15. The molecule has 1 nitrogen and oxygen atoms in total. The van der Waals surface area contributed by atoms with Crippen molar-refractivity contribution in [3.8, 4) is 11.5 Å². The zero-order chi connectivity index (χ0) is 17.7. The van der Waals surface area contributed by atoms with E-state index in [-0.39, 0.29) is 0 Å². The van der Waals surface area contributed by atoms with Crippen LogP contribution in [0, 0.1) is 17.8 Å². The normalized spacial score (nSPS) is 32.0. The van der Waals surface area contributed by atoms with Crippen LogP contribution in [0.25, 0.3) is 0 Å². The summed E-state index contributed by atoms with van der Waals surface area (Å²) in [5, 5.41) is 0. The largest absolute Gasteiger partial charge is 0.457 e. The fraction of sp³-hybridized carbons (Fsp3) is 0.500. The summed E-state index contributed by atoms with van der Waals surface area (Å²) in [4.78, 5) is 0. The lowest BCUT2D eigenvalue weighted by atomic mass is 9.48. The Bertz CT molecular complexity index is 789. The zero-order valence-electron chi connectivity index (χ0n) is 15.5. The van der Waals surface area contributed by atoms with Crippen molar-refractivity contribution in [3.05, 3.63) is 58.1 Å². The molecular formula is C24H27BrO. The number of para-hydroxylation sites is 1. The van der Waals surface area contributed by atoms with Gasteiger partial charge in [0.25, 0.3) is 0 Å². The summed E-state index contributed by atoms with van der Waals surface area (Å²) in [7, 11) is 0. The van der Waals surface area contributed by atoms with Gasteiger partial charge in [-0.1, -0.05) is 47.1 Å². The average molecular weight is 411 g/mol. The van der Waals surface area contributed by atoms with Crippen LogP contribution < -0.4 is 4.74 Å². The van der Waals surface area contributed by atoms with E-state index >= 15 is 0 Å². The third kappa shape index (κ3) is 2.81. The molecule has 2 aromatic rings. The molecule has 4 aliphatic rings. The Morgan fingerprint density at radius 3 is 2.23 bits per heavy atom. The Hall–Kier alpha value is -1.28. The van der Waals surface area contributed by atoms with Crippen molar-refractivity contribution in [3.63, 3.8) is 0 Å². The molecule has 136 valence electrons. The summed E-state index contributed by atoms with van der Waals surface area (Å²) in [6.07, 6.45) is 9.53. The van der Waals surface area contributed by atoms with E-state index in [0.29, 0.717) is 5.41 Å². The summed E-state index contributed by atoms with van der Waals surface area (Å²) in [5.41, 5.74) is 3.10. The molecule has 0 heterocycles. The van der Waals surface area contributed by atoms with E-state index in [1.807, 2.05) is 0 Å². The number of aryl methyl sites for hydroxylation is 1. The molecular weight excluding hydrogens is 384 g/mol. The number of ether oxygens (including phenoxy) is 1. The maximum absolute atomic E-state index is 6.57. The lowest BCUT2D eigenvalue weighted by molar-refractivity contribution is -0.00599. The Balaban J connectivity index is 1.56. The monoisotopic (exact) mass is 410 g/mol. The molecule has 4 saturated carbocycles. The van der Waals surface area contributed by atoms with E-state index in [0.717, 1.165) is 40.1 Å². The van der Waals surface area contributed by atoms with Crippen molar-refractivity contribution >= 4 is 15.9 Å². The minimum atomic E-state index is 0.353. The topological polar surface area (TPSA) is 9.23 Å². The predicted molar refractivity (Wildman–Crippen MR) is 110 cm³/mol.